The fourth-order valence-corrected chi connectivity index (χ4v) is 2.23. The summed E-state index contributed by atoms with van der Waals surface area (Å²) in [6.45, 7) is 4.05. The monoisotopic (exact) mass is 316 g/mol. The van der Waals surface area contributed by atoms with Gasteiger partial charge in [-0.05, 0) is 39.1 Å². The van der Waals surface area contributed by atoms with Crippen LogP contribution in [0.1, 0.15) is 24.2 Å². The maximum absolute atomic E-state index is 12.1. The maximum Gasteiger partial charge on any atom is 0.234 e. The molecular weight excluding hydrogens is 299 g/mol. The van der Waals surface area contributed by atoms with Gasteiger partial charge >= 0.3 is 0 Å². The van der Waals surface area contributed by atoms with Gasteiger partial charge in [0.15, 0.2) is 5.78 Å². The van der Waals surface area contributed by atoms with Crippen molar-refractivity contribution in [3.63, 3.8) is 0 Å². The van der Waals surface area contributed by atoms with Gasteiger partial charge in [-0.2, -0.15) is 0 Å². The van der Waals surface area contributed by atoms with Crippen LogP contribution in [0.3, 0.4) is 0 Å². The standard InChI is InChI=1S/C14H18Cl2N2O2/c1-9(2)17-14(20)8-18(3)7-13(19)11-5-4-10(15)6-12(11)16/h4-6,9H,7-8H2,1-3H3,(H,17,20). The summed E-state index contributed by atoms with van der Waals surface area (Å²) in [5.74, 6) is -0.260. The van der Waals surface area contributed by atoms with Gasteiger partial charge in [0.25, 0.3) is 0 Å². The van der Waals surface area contributed by atoms with E-state index in [0.717, 1.165) is 0 Å². The molecule has 1 aromatic rings. The van der Waals surface area contributed by atoms with Crippen LogP contribution in [0.15, 0.2) is 18.2 Å². The molecule has 0 radical (unpaired) electrons. The van der Waals surface area contributed by atoms with Gasteiger partial charge in [0.05, 0.1) is 18.1 Å². The van der Waals surface area contributed by atoms with Crippen LogP contribution in [-0.4, -0.2) is 42.8 Å². The Hall–Kier alpha value is -1.10. The number of likely N-dealkylation sites (N-methyl/N-ethyl adjacent to an activating group) is 1. The molecule has 0 aliphatic carbocycles. The second kappa shape index (κ2) is 7.62. The molecule has 0 saturated carbocycles. The Morgan fingerprint density at radius 2 is 1.90 bits per heavy atom. The summed E-state index contributed by atoms with van der Waals surface area (Å²) in [5.41, 5.74) is 0.409. The summed E-state index contributed by atoms with van der Waals surface area (Å²) < 4.78 is 0. The molecule has 6 heteroatoms. The van der Waals surface area contributed by atoms with Gasteiger partial charge in [0.2, 0.25) is 5.91 Å². The second-order valence-corrected chi connectivity index (χ2v) is 5.79. The minimum absolute atomic E-state index is 0.0808. The van der Waals surface area contributed by atoms with Gasteiger partial charge in [-0.1, -0.05) is 23.2 Å². The number of hydrogen-bond acceptors (Lipinski definition) is 3. The van der Waals surface area contributed by atoms with Crippen LogP contribution in [-0.2, 0) is 4.79 Å². The SMILES string of the molecule is CC(C)NC(=O)CN(C)CC(=O)c1ccc(Cl)cc1Cl. The highest BCUT2D eigenvalue weighted by molar-refractivity contribution is 6.36. The lowest BCUT2D eigenvalue weighted by molar-refractivity contribution is -0.122. The normalized spacial score (nSPS) is 10.9. The van der Waals surface area contributed by atoms with Crippen LogP contribution in [0.2, 0.25) is 10.0 Å². The van der Waals surface area contributed by atoms with Gasteiger partial charge in [-0.25, -0.2) is 0 Å². The molecule has 1 amide bonds. The van der Waals surface area contributed by atoms with E-state index in [1.54, 1.807) is 24.1 Å². The summed E-state index contributed by atoms with van der Waals surface area (Å²) in [5, 5.41) is 3.57. The predicted molar refractivity (Wildman–Crippen MR) is 81.6 cm³/mol. The summed E-state index contributed by atoms with van der Waals surface area (Å²) in [6.07, 6.45) is 0. The number of Topliss-reactive ketones (excluding diaryl/α,β-unsaturated/α-hetero) is 1. The number of nitrogens with one attached hydrogen (secondary N) is 1. The Labute approximate surface area is 129 Å². The van der Waals surface area contributed by atoms with Crippen LogP contribution in [0, 0.1) is 0 Å². The molecule has 0 aliphatic heterocycles. The topological polar surface area (TPSA) is 49.4 Å². The largest absolute Gasteiger partial charge is 0.353 e. The summed E-state index contributed by atoms with van der Waals surface area (Å²) in [6, 6.07) is 4.82. The van der Waals surface area contributed by atoms with Crippen molar-refractivity contribution in [2.75, 3.05) is 20.1 Å². The molecule has 0 unspecified atom stereocenters. The first-order chi connectivity index (χ1) is 9.29. The van der Waals surface area contributed by atoms with E-state index in [-0.39, 0.29) is 30.8 Å². The van der Waals surface area contributed by atoms with Gasteiger partial charge in [-0.3, -0.25) is 14.5 Å². The van der Waals surface area contributed by atoms with Crippen molar-refractivity contribution in [3.8, 4) is 0 Å². The first-order valence-electron chi connectivity index (χ1n) is 6.25. The average molecular weight is 317 g/mol. The van der Waals surface area contributed by atoms with Gasteiger partial charge in [0, 0.05) is 16.6 Å². The van der Waals surface area contributed by atoms with Crippen LogP contribution < -0.4 is 5.32 Å². The lowest BCUT2D eigenvalue weighted by Crippen LogP contribution is -2.40. The molecular formula is C14H18Cl2N2O2. The highest BCUT2D eigenvalue weighted by atomic mass is 35.5. The van der Waals surface area contributed by atoms with Crippen molar-refractivity contribution in [2.24, 2.45) is 0 Å². The number of benzene rings is 1. The molecule has 1 rings (SSSR count). The predicted octanol–water partition coefficient (Wildman–Crippen LogP) is 2.63. The summed E-state index contributed by atoms with van der Waals surface area (Å²) in [4.78, 5) is 25.3. The van der Waals surface area contributed by atoms with E-state index in [4.69, 9.17) is 23.2 Å². The molecule has 0 atom stereocenters. The number of rotatable bonds is 6. The molecule has 0 spiro atoms. The van der Waals surface area contributed by atoms with Crippen LogP contribution >= 0.6 is 23.2 Å². The van der Waals surface area contributed by atoms with E-state index in [9.17, 15) is 9.59 Å². The third-order valence-corrected chi connectivity index (χ3v) is 3.06. The number of nitrogens with zero attached hydrogens (tertiary/aromatic N) is 1. The molecule has 0 fully saturated rings. The van der Waals surface area contributed by atoms with E-state index in [2.05, 4.69) is 5.32 Å². The molecule has 0 aliphatic rings. The smallest absolute Gasteiger partial charge is 0.234 e. The molecule has 0 aromatic heterocycles. The average Bonchev–Trinajstić information content (AvgIpc) is 2.26. The van der Waals surface area contributed by atoms with Gasteiger partial charge < -0.3 is 5.32 Å². The molecule has 110 valence electrons. The Morgan fingerprint density at radius 3 is 2.45 bits per heavy atom. The van der Waals surface area contributed by atoms with E-state index in [0.29, 0.717) is 15.6 Å². The Kier molecular flexibility index (Phi) is 6.46. The van der Waals surface area contributed by atoms with E-state index in [1.807, 2.05) is 13.8 Å². The molecule has 20 heavy (non-hydrogen) atoms. The summed E-state index contributed by atoms with van der Waals surface area (Å²) in [7, 11) is 1.71. The van der Waals surface area contributed by atoms with Crippen LogP contribution in [0.4, 0.5) is 0 Å². The molecule has 1 N–H and O–H groups in total. The van der Waals surface area contributed by atoms with Crippen molar-refractivity contribution in [2.45, 2.75) is 19.9 Å². The Morgan fingerprint density at radius 1 is 1.25 bits per heavy atom. The number of carbonyl (C=O) groups is 2. The molecule has 0 heterocycles. The fraction of sp³-hybridized carbons (Fsp3) is 0.429. The van der Waals surface area contributed by atoms with E-state index in [1.165, 1.54) is 6.07 Å². The molecule has 0 saturated heterocycles. The van der Waals surface area contributed by atoms with Crippen LogP contribution in [0.25, 0.3) is 0 Å². The maximum atomic E-state index is 12.1. The first-order valence-corrected chi connectivity index (χ1v) is 7.01. The zero-order chi connectivity index (χ0) is 15.3. The summed E-state index contributed by atoms with van der Waals surface area (Å²) >= 11 is 11.8. The number of carbonyl (C=O) groups excluding carboxylic acids is 2. The highest BCUT2D eigenvalue weighted by Crippen LogP contribution is 2.21. The van der Waals surface area contributed by atoms with Gasteiger partial charge in [-0.15, -0.1) is 0 Å². The van der Waals surface area contributed by atoms with Crippen molar-refractivity contribution in [1.29, 1.82) is 0 Å². The second-order valence-electron chi connectivity index (χ2n) is 4.94. The third-order valence-electron chi connectivity index (χ3n) is 2.51. The van der Waals surface area contributed by atoms with Crippen molar-refractivity contribution >= 4 is 34.9 Å². The fourth-order valence-electron chi connectivity index (χ4n) is 1.71. The Balaban J connectivity index is 2.59. The van der Waals surface area contributed by atoms with Crippen molar-refractivity contribution < 1.29 is 9.59 Å². The first kappa shape index (κ1) is 17.0. The highest BCUT2D eigenvalue weighted by Gasteiger charge is 2.15. The van der Waals surface area contributed by atoms with Crippen molar-refractivity contribution in [1.82, 2.24) is 10.2 Å². The number of amides is 1. The molecule has 0 bridgehead atoms. The number of halogens is 2. The molecule has 4 nitrogen and oxygen atoms in total. The quantitative estimate of drug-likeness (QED) is 0.821. The Bertz CT molecular complexity index is 504. The third kappa shape index (κ3) is 5.49. The zero-order valence-electron chi connectivity index (χ0n) is 11.7. The minimum atomic E-state index is -0.147. The lowest BCUT2D eigenvalue weighted by atomic mass is 10.1. The number of hydrogen-bond donors (Lipinski definition) is 1. The number of ketones is 1. The van der Waals surface area contributed by atoms with Crippen molar-refractivity contribution in [3.05, 3.63) is 33.8 Å². The minimum Gasteiger partial charge on any atom is -0.353 e. The molecule has 1 aromatic carbocycles. The lowest BCUT2D eigenvalue weighted by Gasteiger charge is -2.17. The zero-order valence-corrected chi connectivity index (χ0v) is 13.3. The van der Waals surface area contributed by atoms with E-state index < -0.39 is 0 Å². The van der Waals surface area contributed by atoms with Gasteiger partial charge in [0.1, 0.15) is 0 Å². The van der Waals surface area contributed by atoms with E-state index >= 15 is 0 Å². The van der Waals surface area contributed by atoms with Crippen LogP contribution in [0.5, 0.6) is 0 Å².